The molecule has 0 spiro atoms. The first kappa shape index (κ1) is 18.9. The maximum Gasteiger partial charge on any atom is 0.212 e. The fourth-order valence-corrected chi connectivity index (χ4v) is 2.79. The minimum atomic E-state index is -4.27. The monoisotopic (exact) mass is 359 g/mol. The molecule has 0 bridgehead atoms. The van der Waals surface area contributed by atoms with Gasteiger partial charge in [-0.05, 0) is 37.3 Å². The van der Waals surface area contributed by atoms with Crippen molar-refractivity contribution in [1.29, 1.82) is 0 Å². The van der Waals surface area contributed by atoms with Gasteiger partial charge in [-0.25, -0.2) is 8.42 Å². The molecule has 132 valence electrons. The molecule has 0 aliphatic heterocycles. The summed E-state index contributed by atoms with van der Waals surface area (Å²) in [6, 6.07) is 16.1. The van der Waals surface area contributed by atoms with Gasteiger partial charge in [0.1, 0.15) is 22.9 Å². The topological polar surface area (TPSA) is 70.3 Å². The van der Waals surface area contributed by atoms with Gasteiger partial charge in [0.15, 0.2) is 5.69 Å². The van der Waals surface area contributed by atoms with E-state index < -0.39 is 10.1 Å². The molecular weight excluding hydrogens is 338 g/mol. The van der Waals surface area contributed by atoms with Crippen molar-refractivity contribution in [1.82, 2.24) is 0 Å². The number of hydrogen-bond acceptors (Lipinski definition) is 4. The molecule has 5 nitrogen and oxygen atoms in total. The van der Waals surface area contributed by atoms with E-state index in [0.29, 0.717) is 0 Å². The van der Waals surface area contributed by atoms with E-state index >= 15 is 0 Å². The van der Waals surface area contributed by atoms with E-state index in [1.807, 2.05) is 13.0 Å². The molecule has 0 unspecified atom stereocenters. The lowest BCUT2D eigenvalue weighted by Crippen LogP contribution is -2.32. The van der Waals surface area contributed by atoms with E-state index in [1.54, 1.807) is 19.2 Å². The van der Waals surface area contributed by atoms with Crippen molar-refractivity contribution in [2.75, 3.05) is 7.11 Å². The fourth-order valence-electron chi connectivity index (χ4n) is 2.32. The van der Waals surface area contributed by atoms with Crippen LogP contribution in [0.4, 0.5) is 0 Å². The first-order valence-corrected chi connectivity index (χ1v) is 9.09. The second-order valence-corrected chi connectivity index (χ2v) is 7.11. The normalized spacial score (nSPS) is 10.9. The van der Waals surface area contributed by atoms with Crippen LogP contribution >= 0.6 is 0 Å². The Kier molecular flexibility index (Phi) is 5.77. The van der Waals surface area contributed by atoms with Crippen LogP contribution in [0.25, 0.3) is 10.9 Å². The number of nitrogens with zero attached hydrogens (tertiary/aromatic N) is 1. The van der Waals surface area contributed by atoms with Crippen LogP contribution in [0.2, 0.25) is 0 Å². The Labute approximate surface area is 148 Å². The third kappa shape index (κ3) is 4.78. The highest BCUT2D eigenvalue weighted by Gasteiger charge is 2.07. The SMILES string of the molecule is COc1ccc2c(ccc(C)[n+]2C)c1.Cc1ccc(S(=O)(=O)[O-])cc1. The number of hydrogen-bond donors (Lipinski definition) is 0. The Morgan fingerprint density at radius 2 is 1.60 bits per heavy atom. The molecular formula is C19H21NO4S. The Hall–Kier alpha value is -2.44. The van der Waals surface area contributed by atoms with Crippen molar-refractivity contribution in [3.63, 3.8) is 0 Å². The summed E-state index contributed by atoms with van der Waals surface area (Å²) in [7, 11) is -0.506. The molecule has 0 atom stereocenters. The zero-order valence-electron chi connectivity index (χ0n) is 14.7. The number of pyridine rings is 1. The van der Waals surface area contributed by atoms with E-state index in [9.17, 15) is 13.0 Å². The zero-order valence-corrected chi connectivity index (χ0v) is 15.5. The number of benzene rings is 2. The summed E-state index contributed by atoms with van der Waals surface area (Å²) in [6.45, 7) is 3.92. The quantitative estimate of drug-likeness (QED) is 0.521. The molecule has 0 N–H and O–H groups in total. The number of aryl methyl sites for hydroxylation is 3. The molecule has 0 fully saturated rings. The van der Waals surface area contributed by atoms with E-state index in [-0.39, 0.29) is 4.90 Å². The molecule has 0 saturated heterocycles. The lowest BCUT2D eigenvalue weighted by atomic mass is 10.2. The summed E-state index contributed by atoms with van der Waals surface area (Å²) in [5.41, 5.74) is 3.41. The Morgan fingerprint density at radius 1 is 0.960 bits per heavy atom. The first-order chi connectivity index (χ1) is 11.7. The Bertz CT molecular complexity index is 980. The van der Waals surface area contributed by atoms with Gasteiger partial charge in [-0.1, -0.05) is 17.7 Å². The maximum atomic E-state index is 10.4. The lowest BCUT2D eigenvalue weighted by Gasteiger charge is -2.05. The molecule has 3 rings (SSSR count). The van der Waals surface area contributed by atoms with Crippen LogP contribution < -0.4 is 9.30 Å². The summed E-state index contributed by atoms with van der Waals surface area (Å²) < 4.78 is 38.5. The van der Waals surface area contributed by atoms with Gasteiger partial charge in [0.2, 0.25) is 5.52 Å². The van der Waals surface area contributed by atoms with Crippen molar-refractivity contribution in [2.24, 2.45) is 7.05 Å². The third-order valence-electron chi connectivity index (χ3n) is 3.94. The van der Waals surface area contributed by atoms with E-state index in [0.717, 1.165) is 11.3 Å². The van der Waals surface area contributed by atoms with E-state index in [2.05, 4.69) is 42.8 Å². The molecule has 0 saturated carbocycles. The third-order valence-corrected chi connectivity index (χ3v) is 4.79. The van der Waals surface area contributed by atoms with Crippen LogP contribution in [-0.2, 0) is 17.2 Å². The molecule has 2 aromatic carbocycles. The van der Waals surface area contributed by atoms with Crippen LogP contribution in [0, 0.1) is 13.8 Å². The summed E-state index contributed by atoms with van der Waals surface area (Å²) in [5, 5.41) is 1.21. The van der Waals surface area contributed by atoms with Crippen LogP contribution in [0.5, 0.6) is 5.75 Å². The van der Waals surface area contributed by atoms with Gasteiger partial charge in [-0.3, -0.25) is 0 Å². The number of methoxy groups -OCH3 is 1. The molecule has 1 aromatic heterocycles. The molecule has 0 amide bonds. The summed E-state index contributed by atoms with van der Waals surface area (Å²) in [5.74, 6) is 0.904. The van der Waals surface area contributed by atoms with Crippen molar-refractivity contribution in [2.45, 2.75) is 18.7 Å². The Morgan fingerprint density at radius 3 is 2.16 bits per heavy atom. The Balaban J connectivity index is 0.000000186. The van der Waals surface area contributed by atoms with Crippen molar-refractivity contribution in [3.05, 3.63) is 65.9 Å². The average Bonchev–Trinajstić information content (AvgIpc) is 2.58. The fraction of sp³-hybridized carbons (Fsp3) is 0.211. The standard InChI is InChI=1S/C12H14NO.C7H8O3S/c1-9-4-5-10-8-11(14-3)6-7-12(10)13(9)2;1-6-2-4-7(5-3-6)11(8,9)10/h4-8H,1-3H3;2-5H,1H3,(H,8,9,10)/q+1;/p-1. The predicted octanol–water partition coefficient (Wildman–Crippen LogP) is 2.88. The molecule has 0 radical (unpaired) electrons. The van der Waals surface area contributed by atoms with Crippen molar-refractivity contribution in [3.8, 4) is 5.75 Å². The van der Waals surface area contributed by atoms with Gasteiger partial charge in [0, 0.05) is 19.1 Å². The van der Waals surface area contributed by atoms with E-state index in [1.165, 1.54) is 28.7 Å². The summed E-state index contributed by atoms with van der Waals surface area (Å²) >= 11 is 0. The van der Waals surface area contributed by atoms with Crippen LogP contribution in [0.15, 0.2) is 59.5 Å². The highest BCUT2D eigenvalue weighted by atomic mass is 32.2. The molecule has 3 aromatic rings. The van der Waals surface area contributed by atoms with Crippen LogP contribution in [0.1, 0.15) is 11.3 Å². The van der Waals surface area contributed by atoms with Gasteiger partial charge in [-0.15, -0.1) is 0 Å². The molecule has 0 aliphatic carbocycles. The van der Waals surface area contributed by atoms with E-state index in [4.69, 9.17) is 4.74 Å². The van der Waals surface area contributed by atoms with Crippen molar-refractivity contribution < 1.29 is 22.3 Å². The largest absolute Gasteiger partial charge is 0.744 e. The second kappa shape index (κ2) is 7.63. The molecule has 25 heavy (non-hydrogen) atoms. The van der Waals surface area contributed by atoms with Crippen LogP contribution in [0.3, 0.4) is 0 Å². The number of rotatable bonds is 2. The highest BCUT2D eigenvalue weighted by molar-refractivity contribution is 7.85. The number of aromatic nitrogens is 1. The number of fused-ring (bicyclic) bond motifs is 1. The van der Waals surface area contributed by atoms with Crippen molar-refractivity contribution >= 4 is 21.0 Å². The van der Waals surface area contributed by atoms with Crippen LogP contribution in [-0.4, -0.2) is 20.1 Å². The summed E-state index contributed by atoms with van der Waals surface area (Å²) in [4.78, 5) is -0.178. The lowest BCUT2D eigenvalue weighted by molar-refractivity contribution is -0.651. The molecule has 1 heterocycles. The molecule has 6 heteroatoms. The number of ether oxygens (including phenoxy) is 1. The first-order valence-electron chi connectivity index (χ1n) is 7.68. The zero-order chi connectivity index (χ0) is 18.6. The minimum Gasteiger partial charge on any atom is -0.744 e. The van der Waals surface area contributed by atoms with Gasteiger partial charge in [0.25, 0.3) is 0 Å². The van der Waals surface area contributed by atoms with Gasteiger partial charge in [0.05, 0.1) is 17.4 Å². The second-order valence-electron chi connectivity index (χ2n) is 5.73. The molecule has 0 aliphatic rings. The smallest absolute Gasteiger partial charge is 0.212 e. The summed E-state index contributed by atoms with van der Waals surface area (Å²) in [6.07, 6.45) is 0. The highest BCUT2D eigenvalue weighted by Crippen LogP contribution is 2.18. The van der Waals surface area contributed by atoms with Gasteiger partial charge in [-0.2, -0.15) is 4.57 Å². The average molecular weight is 359 g/mol. The van der Waals surface area contributed by atoms with Gasteiger partial charge < -0.3 is 9.29 Å². The van der Waals surface area contributed by atoms with Gasteiger partial charge >= 0.3 is 0 Å². The maximum absolute atomic E-state index is 10.4. The predicted molar refractivity (Wildman–Crippen MR) is 95.6 cm³/mol. The minimum absolute atomic E-state index is 0.178.